The van der Waals surface area contributed by atoms with Crippen molar-refractivity contribution in [3.63, 3.8) is 0 Å². The molecule has 0 radical (unpaired) electrons. The first-order valence-electron chi connectivity index (χ1n) is 4.62. The molecule has 1 amide bonds. The van der Waals surface area contributed by atoms with E-state index in [4.69, 9.17) is 23.2 Å². The van der Waals surface area contributed by atoms with E-state index in [1.54, 1.807) is 0 Å². The van der Waals surface area contributed by atoms with E-state index in [0.29, 0.717) is 12.3 Å². The van der Waals surface area contributed by atoms with Crippen LogP contribution in [0.1, 0.15) is 26.2 Å². The Morgan fingerprint density at radius 2 is 2.08 bits per heavy atom. The predicted octanol–water partition coefficient (Wildman–Crippen LogP) is 2.10. The average Bonchev–Trinajstić information content (AvgIpc) is 2.87. The topological polar surface area (TPSA) is 29.1 Å². The number of nitrogens with one attached hydrogen (secondary N) is 1. The second kappa shape index (κ2) is 2.77. The van der Waals surface area contributed by atoms with Crippen LogP contribution < -0.4 is 5.32 Å². The van der Waals surface area contributed by atoms with Crippen molar-refractivity contribution in [2.24, 2.45) is 11.3 Å². The summed E-state index contributed by atoms with van der Waals surface area (Å²) in [5.41, 5.74) is -0.551. The zero-order chi connectivity index (χ0) is 9.69. The van der Waals surface area contributed by atoms with Gasteiger partial charge in [-0.25, -0.2) is 0 Å². The van der Waals surface area contributed by atoms with Crippen molar-refractivity contribution in [3.05, 3.63) is 0 Å². The van der Waals surface area contributed by atoms with E-state index in [0.717, 1.165) is 6.54 Å². The van der Waals surface area contributed by atoms with Gasteiger partial charge in [0, 0.05) is 6.54 Å². The van der Waals surface area contributed by atoms with Crippen LogP contribution in [0.25, 0.3) is 0 Å². The molecule has 2 rings (SSSR count). The summed E-state index contributed by atoms with van der Waals surface area (Å²) in [7, 11) is 0. The maximum Gasteiger partial charge on any atom is 0.229 e. The minimum absolute atomic E-state index is 0.00407. The SMILES string of the molecule is CC1(C(=O)NCC2CC2)CC1(Cl)Cl. The van der Waals surface area contributed by atoms with Crippen molar-refractivity contribution in [2.45, 2.75) is 30.5 Å². The highest BCUT2D eigenvalue weighted by molar-refractivity contribution is 6.53. The van der Waals surface area contributed by atoms with Crippen LogP contribution in [0.2, 0.25) is 0 Å². The van der Waals surface area contributed by atoms with Crippen LogP contribution in [0.4, 0.5) is 0 Å². The number of carbonyl (C=O) groups is 1. The highest BCUT2D eigenvalue weighted by atomic mass is 35.5. The lowest BCUT2D eigenvalue weighted by Crippen LogP contribution is -2.34. The first kappa shape index (κ1) is 9.60. The molecule has 2 saturated carbocycles. The molecule has 0 heterocycles. The molecule has 2 fully saturated rings. The monoisotopic (exact) mass is 221 g/mol. The number of rotatable bonds is 3. The highest BCUT2D eigenvalue weighted by Crippen LogP contribution is 2.63. The number of hydrogen-bond acceptors (Lipinski definition) is 1. The van der Waals surface area contributed by atoms with E-state index in [2.05, 4.69) is 5.32 Å². The smallest absolute Gasteiger partial charge is 0.229 e. The van der Waals surface area contributed by atoms with Crippen LogP contribution in [-0.2, 0) is 4.79 Å². The minimum atomic E-state index is -0.833. The second-order valence-electron chi connectivity index (χ2n) is 4.37. The summed E-state index contributed by atoms with van der Waals surface area (Å²) >= 11 is 11.8. The van der Waals surface area contributed by atoms with Gasteiger partial charge in [-0.1, -0.05) is 0 Å². The quantitative estimate of drug-likeness (QED) is 0.728. The first-order valence-corrected chi connectivity index (χ1v) is 5.37. The van der Waals surface area contributed by atoms with Gasteiger partial charge in [-0.2, -0.15) is 0 Å². The van der Waals surface area contributed by atoms with Crippen molar-refractivity contribution in [1.29, 1.82) is 0 Å². The molecule has 13 heavy (non-hydrogen) atoms. The standard InChI is InChI=1S/C9H13Cl2NO/c1-8(5-9(8,10)11)7(13)12-4-6-2-3-6/h6H,2-5H2,1H3,(H,12,13). The normalized spacial score (nSPS) is 35.6. The molecule has 74 valence electrons. The van der Waals surface area contributed by atoms with Crippen LogP contribution in [-0.4, -0.2) is 16.8 Å². The van der Waals surface area contributed by atoms with Crippen molar-refractivity contribution in [2.75, 3.05) is 6.54 Å². The van der Waals surface area contributed by atoms with Gasteiger partial charge in [-0.15, -0.1) is 23.2 Å². The Kier molecular flexibility index (Phi) is 2.04. The Bertz CT molecular complexity index is 250. The minimum Gasteiger partial charge on any atom is -0.355 e. The van der Waals surface area contributed by atoms with E-state index < -0.39 is 9.75 Å². The molecule has 2 aliphatic carbocycles. The van der Waals surface area contributed by atoms with Crippen molar-refractivity contribution in [3.8, 4) is 0 Å². The second-order valence-corrected chi connectivity index (χ2v) is 5.85. The molecule has 4 heteroatoms. The van der Waals surface area contributed by atoms with Crippen LogP contribution in [0.5, 0.6) is 0 Å². The van der Waals surface area contributed by atoms with E-state index in [9.17, 15) is 4.79 Å². The van der Waals surface area contributed by atoms with Crippen molar-refractivity contribution in [1.82, 2.24) is 5.32 Å². The molecule has 0 aliphatic heterocycles. The molecule has 0 aromatic rings. The third-order valence-electron chi connectivity index (χ3n) is 3.01. The highest BCUT2D eigenvalue weighted by Gasteiger charge is 2.67. The number of alkyl halides is 2. The van der Waals surface area contributed by atoms with Gasteiger partial charge in [-0.05, 0) is 32.1 Å². The van der Waals surface area contributed by atoms with E-state index in [1.165, 1.54) is 12.8 Å². The Morgan fingerprint density at radius 3 is 2.46 bits per heavy atom. The van der Waals surface area contributed by atoms with Gasteiger partial charge in [0.2, 0.25) is 5.91 Å². The summed E-state index contributed by atoms with van der Waals surface area (Å²) in [6.45, 7) is 2.60. The molecular weight excluding hydrogens is 209 g/mol. The van der Waals surface area contributed by atoms with E-state index in [1.807, 2.05) is 6.92 Å². The summed E-state index contributed by atoms with van der Waals surface area (Å²) < 4.78 is -0.833. The summed E-state index contributed by atoms with van der Waals surface area (Å²) in [4.78, 5) is 11.6. The first-order chi connectivity index (χ1) is 5.96. The molecule has 0 aromatic heterocycles. The largest absolute Gasteiger partial charge is 0.355 e. The van der Waals surface area contributed by atoms with Crippen molar-refractivity contribution < 1.29 is 4.79 Å². The maximum atomic E-state index is 11.6. The Hall–Kier alpha value is 0.0500. The predicted molar refractivity (Wildman–Crippen MR) is 52.9 cm³/mol. The van der Waals surface area contributed by atoms with Crippen LogP contribution in [0.15, 0.2) is 0 Å². The van der Waals surface area contributed by atoms with E-state index in [-0.39, 0.29) is 5.91 Å². The Balaban J connectivity index is 1.83. The molecule has 0 aromatic carbocycles. The Labute approximate surface area is 88.0 Å². The third kappa shape index (κ3) is 1.66. The van der Waals surface area contributed by atoms with Gasteiger partial charge in [0.1, 0.15) is 4.33 Å². The average molecular weight is 222 g/mol. The molecular formula is C9H13Cl2NO. The van der Waals surface area contributed by atoms with Crippen molar-refractivity contribution >= 4 is 29.1 Å². The zero-order valence-electron chi connectivity index (χ0n) is 7.57. The lowest BCUT2D eigenvalue weighted by Gasteiger charge is -2.11. The lowest BCUT2D eigenvalue weighted by molar-refractivity contribution is -0.125. The number of amides is 1. The molecule has 0 spiro atoms. The van der Waals surface area contributed by atoms with Crippen LogP contribution in [0, 0.1) is 11.3 Å². The maximum absolute atomic E-state index is 11.6. The molecule has 2 aliphatic rings. The summed E-state index contributed by atoms with van der Waals surface area (Å²) in [6.07, 6.45) is 3.05. The third-order valence-corrected chi connectivity index (χ3v) is 4.11. The fraction of sp³-hybridized carbons (Fsp3) is 0.889. The zero-order valence-corrected chi connectivity index (χ0v) is 9.08. The van der Waals surface area contributed by atoms with Gasteiger partial charge < -0.3 is 5.32 Å². The van der Waals surface area contributed by atoms with Gasteiger partial charge >= 0.3 is 0 Å². The molecule has 0 saturated heterocycles. The number of halogens is 2. The molecule has 0 bridgehead atoms. The number of carbonyl (C=O) groups excluding carboxylic acids is 1. The summed E-state index contributed by atoms with van der Waals surface area (Å²) in [6, 6.07) is 0. The molecule has 2 nitrogen and oxygen atoms in total. The van der Waals surface area contributed by atoms with Gasteiger partial charge in [0.15, 0.2) is 0 Å². The fourth-order valence-electron chi connectivity index (χ4n) is 1.40. The van der Waals surface area contributed by atoms with Gasteiger partial charge in [0.05, 0.1) is 5.41 Å². The fourth-order valence-corrected chi connectivity index (χ4v) is 2.11. The van der Waals surface area contributed by atoms with E-state index >= 15 is 0 Å². The summed E-state index contributed by atoms with van der Waals surface area (Å²) in [5, 5.41) is 2.89. The lowest BCUT2D eigenvalue weighted by atomic mass is 10.1. The molecule has 1 N–H and O–H groups in total. The van der Waals surface area contributed by atoms with Gasteiger partial charge in [0.25, 0.3) is 0 Å². The molecule has 1 unspecified atom stereocenters. The number of hydrogen-bond donors (Lipinski definition) is 1. The summed E-state index contributed by atoms with van der Waals surface area (Å²) in [5.74, 6) is 0.704. The Morgan fingerprint density at radius 1 is 1.54 bits per heavy atom. The molecule has 1 atom stereocenters. The van der Waals surface area contributed by atoms with Crippen LogP contribution >= 0.6 is 23.2 Å². The van der Waals surface area contributed by atoms with Gasteiger partial charge in [-0.3, -0.25) is 4.79 Å². The van der Waals surface area contributed by atoms with Crippen LogP contribution in [0.3, 0.4) is 0 Å².